The quantitative estimate of drug-likeness (QED) is 0.932. The smallest absolute Gasteiger partial charge is 0.389 e. The SMILES string of the molecule is CC(C)(O)CN1CCCC(c2nnc3ccc(C(F)(F)F)cn23)C1. The second kappa shape index (κ2) is 6.00. The number of rotatable bonds is 3. The molecular weight excluding hydrogens is 321 g/mol. The summed E-state index contributed by atoms with van der Waals surface area (Å²) in [6.07, 6.45) is -1.57. The van der Waals surface area contributed by atoms with E-state index in [9.17, 15) is 18.3 Å². The largest absolute Gasteiger partial charge is 0.417 e. The van der Waals surface area contributed by atoms with E-state index in [0.717, 1.165) is 31.6 Å². The highest BCUT2D eigenvalue weighted by Gasteiger charge is 2.32. The van der Waals surface area contributed by atoms with Gasteiger partial charge >= 0.3 is 6.18 Å². The van der Waals surface area contributed by atoms with Crippen LogP contribution in [-0.2, 0) is 6.18 Å². The molecule has 1 atom stereocenters. The Kier molecular flexibility index (Phi) is 4.29. The standard InChI is InChI=1S/C16H21F3N4O/c1-15(2,24)10-22-7-3-4-11(8-22)14-21-20-13-6-5-12(9-23(13)14)16(17,18)19/h5-6,9,11,24H,3-4,7-8,10H2,1-2H3. The molecule has 1 aliphatic rings. The zero-order chi connectivity index (χ0) is 17.5. The van der Waals surface area contributed by atoms with Gasteiger partial charge in [-0.3, -0.25) is 9.30 Å². The fourth-order valence-corrected chi connectivity index (χ4v) is 3.31. The molecule has 0 aromatic carbocycles. The fraction of sp³-hybridized carbons (Fsp3) is 0.625. The van der Waals surface area contributed by atoms with Gasteiger partial charge in [0, 0.05) is 25.2 Å². The van der Waals surface area contributed by atoms with Crippen molar-refractivity contribution in [3.8, 4) is 0 Å². The summed E-state index contributed by atoms with van der Waals surface area (Å²) < 4.78 is 40.3. The molecule has 0 amide bonds. The van der Waals surface area contributed by atoms with E-state index in [0.29, 0.717) is 24.6 Å². The van der Waals surface area contributed by atoms with Crippen LogP contribution in [0.1, 0.15) is 44.0 Å². The van der Waals surface area contributed by atoms with Crippen LogP contribution in [-0.4, -0.2) is 49.8 Å². The number of hydrogen-bond donors (Lipinski definition) is 1. The van der Waals surface area contributed by atoms with Crippen molar-refractivity contribution < 1.29 is 18.3 Å². The minimum absolute atomic E-state index is 0.000385. The van der Waals surface area contributed by atoms with Crippen molar-refractivity contribution in [2.45, 2.75) is 44.4 Å². The molecule has 8 heteroatoms. The average molecular weight is 342 g/mol. The van der Waals surface area contributed by atoms with Gasteiger partial charge < -0.3 is 5.11 Å². The van der Waals surface area contributed by atoms with E-state index < -0.39 is 17.3 Å². The third-order valence-electron chi connectivity index (χ3n) is 4.24. The Labute approximate surface area is 138 Å². The first-order valence-corrected chi connectivity index (χ1v) is 8.00. The molecule has 5 nitrogen and oxygen atoms in total. The summed E-state index contributed by atoms with van der Waals surface area (Å²) in [5, 5.41) is 18.1. The Bertz CT molecular complexity index is 720. The zero-order valence-corrected chi connectivity index (χ0v) is 13.7. The van der Waals surface area contributed by atoms with Crippen LogP contribution >= 0.6 is 0 Å². The highest BCUT2D eigenvalue weighted by atomic mass is 19.4. The van der Waals surface area contributed by atoms with Crippen molar-refractivity contribution in [1.82, 2.24) is 19.5 Å². The Hall–Kier alpha value is -1.67. The molecule has 0 radical (unpaired) electrons. The lowest BCUT2D eigenvalue weighted by Gasteiger charge is -2.35. The van der Waals surface area contributed by atoms with Crippen molar-refractivity contribution in [2.75, 3.05) is 19.6 Å². The number of aromatic nitrogens is 3. The highest BCUT2D eigenvalue weighted by molar-refractivity contribution is 5.40. The van der Waals surface area contributed by atoms with E-state index in [2.05, 4.69) is 15.1 Å². The van der Waals surface area contributed by atoms with Gasteiger partial charge in [-0.15, -0.1) is 10.2 Å². The summed E-state index contributed by atoms with van der Waals surface area (Å²) in [5.41, 5.74) is -1.10. The van der Waals surface area contributed by atoms with Crippen LogP contribution in [0.4, 0.5) is 13.2 Å². The van der Waals surface area contributed by atoms with E-state index in [1.807, 2.05) is 0 Å². The third kappa shape index (κ3) is 3.70. The molecule has 1 unspecified atom stereocenters. The molecule has 1 fully saturated rings. The first-order valence-electron chi connectivity index (χ1n) is 8.00. The number of aliphatic hydroxyl groups is 1. The van der Waals surface area contributed by atoms with Crippen LogP contribution in [0.3, 0.4) is 0 Å². The molecule has 2 aromatic rings. The number of alkyl halides is 3. The van der Waals surface area contributed by atoms with Crippen LogP contribution < -0.4 is 0 Å². The molecule has 1 saturated heterocycles. The lowest BCUT2D eigenvalue weighted by atomic mass is 9.96. The van der Waals surface area contributed by atoms with Gasteiger partial charge in [0.1, 0.15) is 5.82 Å². The van der Waals surface area contributed by atoms with E-state index in [1.54, 1.807) is 13.8 Å². The maximum atomic E-state index is 13.0. The van der Waals surface area contributed by atoms with Gasteiger partial charge in [0.25, 0.3) is 0 Å². The Morgan fingerprint density at radius 1 is 1.25 bits per heavy atom. The minimum atomic E-state index is -4.39. The first-order chi connectivity index (χ1) is 11.1. The maximum Gasteiger partial charge on any atom is 0.417 e. The second-order valence-corrected chi connectivity index (χ2v) is 7.09. The summed E-state index contributed by atoms with van der Waals surface area (Å²) in [7, 11) is 0. The maximum absolute atomic E-state index is 13.0. The first kappa shape index (κ1) is 17.2. The summed E-state index contributed by atoms with van der Waals surface area (Å²) in [5.74, 6) is 0.552. The Balaban J connectivity index is 1.88. The van der Waals surface area contributed by atoms with Crippen LogP contribution in [0, 0.1) is 0 Å². The van der Waals surface area contributed by atoms with Gasteiger partial charge in [0.15, 0.2) is 5.65 Å². The average Bonchev–Trinajstić information content (AvgIpc) is 2.87. The van der Waals surface area contributed by atoms with E-state index >= 15 is 0 Å². The molecule has 0 aliphatic carbocycles. The number of piperidine rings is 1. The Morgan fingerprint density at radius 2 is 2.00 bits per heavy atom. The molecule has 132 valence electrons. The molecule has 0 bridgehead atoms. The monoisotopic (exact) mass is 342 g/mol. The second-order valence-electron chi connectivity index (χ2n) is 7.09. The van der Waals surface area contributed by atoms with Crippen molar-refractivity contribution >= 4 is 5.65 Å². The summed E-state index contributed by atoms with van der Waals surface area (Å²) in [4.78, 5) is 2.13. The van der Waals surface area contributed by atoms with Crippen molar-refractivity contribution in [1.29, 1.82) is 0 Å². The molecule has 1 aliphatic heterocycles. The highest BCUT2D eigenvalue weighted by Crippen LogP contribution is 2.31. The van der Waals surface area contributed by atoms with Gasteiger partial charge in [-0.2, -0.15) is 13.2 Å². The van der Waals surface area contributed by atoms with E-state index in [1.165, 1.54) is 10.5 Å². The van der Waals surface area contributed by atoms with Crippen LogP contribution in [0.25, 0.3) is 5.65 Å². The van der Waals surface area contributed by atoms with Crippen molar-refractivity contribution in [2.24, 2.45) is 0 Å². The molecule has 24 heavy (non-hydrogen) atoms. The van der Waals surface area contributed by atoms with Gasteiger partial charge in [-0.25, -0.2) is 0 Å². The number of halogens is 3. The lowest BCUT2D eigenvalue weighted by Crippen LogP contribution is -2.43. The third-order valence-corrected chi connectivity index (χ3v) is 4.24. The zero-order valence-electron chi connectivity index (χ0n) is 13.7. The number of fused-ring (bicyclic) bond motifs is 1. The van der Waals surface area contributed by atoms with Gasteiger partial charge in [0.2, 0.25) is 0 Å². The number of likely N-dealkylation sites (tertiary alicyclic amines) is 1. The number of hydrogen-bond acceptors (Lipinski definition) is 4. The molecule has 2 aromatic heterocycles. The number of nitrogens with zero attached hydrogens (tertiary/aromatic N) is 4. The molecule has 3 rings (SSSR count). The lowest BCUT2D eigenvalue weighted by molar-refractivity contribution is -0.137. The van der Waals surface area contributed by atoms with Crippen LogP contribution in [0.5, 0.6) is 0 Å². The molecular formula is C16H21F3N4O. The van der Waals surface area contributed by atoms with Crippen molar-refractivity contribution in [3.63, 3.8) is 0 Å². The van der Waals surface area contributed by atoms with Gasteiger partial charge in [-0.05, 0) is 45.4 Å². The van der Waals surface area contributed by atoms with Gasteiger partial charge in [0.05, 0.1) is 11.2 Å². The molecule has 0 saturated carbocycles. The van der Waals surface area contributed by atoms with Crippen molar-refractivity contribution in [3.05, 3.63) is 29.7 Å². The van der Waals surface area contributed by atoms with E-state index in [-0.39, 0.29) is 5.92 Å². The summed E-state index contributed by atoms with van der Waals surface area (Å²) >= 11 is 0. The fourth-order valence-electron chi connectivity index (χ4n) is 3.31. The number of β-amino-alcohol motifs (C(OH)–C–C–N with tert-alkyl or cyclic N) is 1. The summed E-state index contributed by atoms with van der Waals surface area (Å²) in [6, 6.07) is 2.37. The molecule has 0 spiro atoms. The molecule has 3 heterocycles. The topological polar surface area (TPSA) is 53.7 Å². The predicted molar refractivity (Wildman–Crippen MR) is 82.7 cm³/mol. The summed E-state index contributed by atoms with van der Waals surface area (Å²) in [6.45, 7) is 5.54. The minimum Gasteiger partial charge on any atom is -0.389 e. The normalized spacial score (nSPS) is 20.7. The predicted octanol–water partition coefficient (Wildman–Crippen LogP) is 2.70. The van der Waals surface area contributed by atoms with Crippen LogP contribution in [0.2, 0.25) is 0 Å². The van der Waals surface area contributed by atoms with E-state index in [4.69, 9.17) is 0 Å². The molecule has 1 N–H and O–H groups in total. The van der Waals surface area contributed by atoms with Gasteiger partial charge in [-0.1, -0.05) is 0 Å². The Morgan fingerprint density at radius 3 is 2.67 bits per heavy atom. The van der Waals surface area contributed by atoms with Crippen LogP contribution in [0.15, 0.2) is 18.3 Å². The number of pyridine rings is 1.